The number of hydrogen-bond acceptors (Lipinski definition) is 4. The smallest absolute Gasteiger partial charge is 0.224 e. The van der Waals surface area contributed by atoms with Crippen LogP contribution in [0.4, 0.5) is 0 Å². The lowest BCUT2D eigenvalue weighted by atomic mass is 9.99. The van der Waals surface area contributed by atoms with Crippen molar-refractivity contribution in [2.75, 3.05) is 33.9 Å². The summed E-state index contributed by atoms with van der Waals surface area (Å²) in [6, 6.07) is 5.50. The number of nitrogens with one attached hydrogen (secondary N) is 2. The summed E-state index contributed by atoms with van der Waals surface area (Å²) in [4.78, 5) is 12.1. The predicted octanol–water partition coefficient (Wildman–Crippen LogP) is 1.78. The molecule has 0 spiro atoms. The number of piperidine rings is 1. The SMILES string of the molecule is COc1ccc(OC)c(CC(=O)NCC2CCCNC2)c1.Cl. The summed E-state index contributed by atoms with van der Waals surface area (Å²) in [5.74, 6) is 2.00. The molecule has 0 aromatic heterocycles. The zero-order valence-corrected chi connectivity index (χ0v) is 14.0. The molecule has 2 rings (SSSR count). The second-order valence-electron chi connectivity index (χ2n) is 5.37. The zero-order valence-electron chi connectivity index (χ0n) is 13.2. The third-order valence-corrected chi connectivity index (χ3v) is 3.83. The van der Waals surface area contributed by atoms with Crippen LogP contribution in [0.5, 0.6) is 11.5 Å². The van der Waals surface area contributed by atoms with Crippen molar-refractivity contribution in [3.8, 4) is 11.5 Å². The number of methoxy groups -OCH3 is 2. The molecule has 1 unspecified atom stereocenters. The van der Waals surface area contributed by atoms with Crippen LogP contribution in [-0.4, -0.2) is 39.8 Å². The topological polar surface area (TPSA) is 59.6 Å². The van der Waals surface area contributed by atoms with Gasteiger partial charge in [0, 0.05) is 12.1 Å². The van der Waals surface area contributed by atoms with Gasteiger partial charge in [-0.3, -0.25) is 4.79 Å². The first kappa shape index (κ1) is 18.6. The van der Waals surface area contributed by atoms with Crippen LogP contribution in [0.25, 0.3) is 0 Å². The van der Waals surface area contributed by atoms with E-state index in [1.807, 2.05) is 18.2 Å². The molecule has 1 aliphatic heterocycles. The largest absolute Gasteiger partial charge is 0.497 e. The summed E-state index contributed by atoms with van der Waals surface area (Å²) in [5, 5.41) is 6.37. The summed E-state index contributed by atoms with van der Waals surface area (Å²) < 4.78 is 10.5. The molecule has 2 N–H and O–H groups in total. The molecule has 1 atom stereocenters. The van der Waals surface area contributed by atoms with Crippen molar-refractivity contribution in [2.45, 2.75) is 19.3 Å². The molecule has 1 fully saturated rings. The number of carbonyl (C=O) groups excluding carboxylic acids is 1. The van der Waals surface area contributed by atoms with Gasteiger partial charge in [-0.15, -0.1) is 12.4 Å². The summed E-state index contributed by atoms with van der Waals surface area (Å²) in [5.41, 5.74) is 0.844. The van der Waals surface area contributed by atoms with Crippen LogP contribution >= 0.6 is 12.4 Å². The standard InChI is InChI=1S/C16H24N2O3.ClH/c1-20-14-5-6-15(21-2)13(8-14)9-16(19)18-11-12-4-3-7-17-10-12;/h5-6,8,12,17H,3-4,7,9-11H2,1-2H3,(H,18,19);1H. The van der Waals surface area contributed by atoms with Gasteiger partial charge in [0.2, 0.25) is 5.91 Å². The van der Waals surface area contributed by atoms with E-state index < -0.39 is 0 Å². The Bertz CT molecular complexity index is 476. The minimum atomic E-state index is 0. The van der Waals surface area contributed by atoms with Crippen molar-refractivity contribution in [3.63, 3.8) is 0 Å². The maximum atomic E-state index is 12.1. The fourth-order valence-corrected chi connectivity index (χ4v) is 2.61. The van der Waals surface area contributed by atoms with E-state index in [2.05, 4.69) is 10.6 Å². The van der Waals surface area contributed by atoms with Crippen molar-refractivity contribution in [3.05, 3.63) is 23.8 Å². The first-order valence-corrected chi connectivity index (χ1v) is 7.41. The highest BCUT2D eigenvalue weighted by molar-refractivity contribution is 5.85. The Morgan fingerprint density at radius 3 is 2.82 bits per heavy atom. The Labute approximate surface area is 138 Å². The van der Waals surface area contributed by atoms with E-state index in [1.165, 1.54) is 12.8 Å². The lowest BCUT2D eigenvalue weighted by molar-refractivity contribution is -0.120. The Balaban J connectivity index is 0.00000242. The summed E-state index contributed by atoms with van der Waals surface area (Å²) in [6.07, 6.45) is 2.67. The maximum Gasteiger partial charge on any atom is 0.224 e. The van der Waals surface area contributed by atoms with E-state index in [1.54, 1.807) is 14.2 Å². The number of rotatable bonds is 6. The molecular formula is C16H25ClN2O3. The van der Waals surface area contributed by atoms with Crippen molar-refractivity contribution >= 4 is 18.3 Å². The van der Waals surface area contributed by atoms with Crippen LogP contribution in [0.2, 0.25) is 0 Å². The lowest BCUT2D eigenvalue weighted by Gasteiger charge is -2.23. The number of benzene rings is 1. The molecule has 1 saturated heterocycles. The quantitative estimate of drug-likeness (QED) is 0.836. The predicted molar refractivity (Wildman–Crippen MR) is 89.1 cm³/mol. The summed E-state index contributed by atoms with van der Waals surface area (Å²) >= 11 is 0. The van der Waals surface area contributed by atoms with Gasteiger partial charge in [-0.2, -0.15) is 0 Å². The molecule has 1 aromatic carbocycles. The van der Waals surface area contributed by atoms with Crippen molar-refractivity contribution in [1.82, 2.24) is 10.6 Å². The first-order chi connectivity index (χ1) is 10.2. The molecule has 0 saturated carbocycles. The van der Waals surface area contributed by atoms with Crippen LogP contribution in [0.1, 0.15) is 18.4 Å². The number of amides is 1. The molecule has 1 amide bonds. The van der Waals surface area contributed by atoms with Gasteiger partial charge in [0.15, 0.2) is 0 Å². The highest BCUT2D eigenvalue weighted by Crippen LogP contribution is 2.24. The van der Waals surface area contributed by atoms with E-state index >= 15 is 0 Å². The van der Waals surface area contributed by atoms with Gasteiger partial charge in [0.25, 0.3) is 0 Å². The molecule has 1 aliphatic rings. The van der Waals surface area contributed by atoms with Gasteiger partial charge >= 0.3 is 0 Å². The molecule has 124 valence electrons. The molecule has 22 heavy (non-hydrogen) atoms. The monoisotopic (exact) mass is 328 g/mol. The van der Waals surface area contributed by atoms with E-state index in [-0.39, 0.29) is 18.3 Å². The maximum absolute atomic E-state index is 12.1. The Morgan fingerprint density at radius 2 is 2.18 bits per heavy atom. The van der Waals surface area contributed by atoms with Crippen molar-refractivity contribution < 1.29 is 14.3 Å². The average molecular weight is 329 g/mol. The highest BCUT2D eigenvalue weighted by atomic mass is 35.5. The van der Waals surface area contributed by atoms with Crippen LogP contribution < -0.4 is 20.1 Å². The van der Waals surface area contributed by atoms with E-state index in [0.29, 0.717) is 18.1 Å². The molecule has 1 aromatic rings. The fraction of sp³-hybridized carbons (Fsp3) is 0.562. The zero-order chi connectivity index (χ0) is 15.1. The van der Waals surface area contributed by atoms with E-state index in [4.69, 9.17) is 9.47 Å². The Hall–Kier alpha value is -1.46. The van der Waals surface area contributed by atoms with Gasteiger partial charge < -0.3 is 20.1 Å². The van der Waals surface area contributed by atoms with E-state index in [9.17, 15) is 4.79 Å². The molecule has 6 heteroatoms. The fourth-order valence-electron chi connectivity index (χ4n) is 2.61. The Kier molecular flexibility index (Phi) is 8.06. The van der Waals surface area contributed by atoms with Crippen molar-refractivity contribution in [2.24, 2.45) is 5.92 Å². The molecule has 5 nitrogen and oxygen atoms in total. The first-order valence-electron chi connectivity index (χ1n) is 7.41. The van der Waals surface area contributed by atoms with Crippen LogP contribution in [0.15, 0.2) is 18.2 Å². The molecule has 1 heterocycles. The lowest BCUT2D eigenvalue weighted by Crippen LogP contribution is -2.38. The van der Waals surface area contributed by atoms with Gasteiger partial charge in [-0.05, 0) is 50.0 Å². The number of carbonyl (C=O) groups is 1. The number of hydrogen-bond donors (Lipinski definition) is 2. The minimum Gasteiger partial charge on any atom is -0.497 e. The second-order valence-corrected chi connectivity index (χ2v) is 5.37. The highest BCUT2D eigenvalue weighted by Gasteiger charge is 2.15. The number of ether oxygens (including phenoxy) is 2. The average Bonchev–Trinajstić information content (AvgIpc) is 2.54. The third kappa shape index (κ3) is 5.39. The molecule has 0 bridgehead atoms. The third-order valence-electron chi connectivity index (χ3n) is 3.83. The van der Waals surface area contributed by atoms with Crippen LogP contribution in [0.3, 0.4) is 0 Å². The molecule has 0 aliphatic carbocycles. The minimum absolute atomic E-state index is 0. The van der Waals surface area contributed by atoms with Crippen molar-refractivity contribution in [1.29, 1.82) is 0 Å². The van der Waals surface area contributed by atoms with Crippen LogP contribution in [0, 0.1) is 5.92 Å². The molecule has 0 radical (unpaired) electrons. The summed E-state index contributed by atoms with van der Waals surface area (Å²) in [7, 11) is 3.22. The second kappa shape index (κ2) is 9.54. The molecular weight excluding hydrogens is 304 g/mol. The van der Waals surface area contributed by atoms with Gasteiger partial charge in [-0.25, -0.2) is 0 Å². The summed E-state index contributed by atoms with van der Waals surface area (Å²) in [6.45, 7) is 2.81. The van der Waals surface area contributed by atoms with Gasteiger partial charge in [0.05, 0.1) is 20.6 Å². The number of halogens is 1. The Morgan fingerprint density at radius 1 is 1.36 bits per heavy atom. The van der Waals surface area contributed by atoms with Crippen LogP contribution in [-0.2, 0) is 11.2 Å². The van der Waals surface area contributed by atoms with Gasteiger partial charge in [-0.1, -0.05) is 0 Å². The normalized spacial score (nSPS) is 17.3. The van der Waals surface area contributed by atoms with E-state index in [0.717, 1.165) is 30.9 Å². The van der Waals surface area contributed by atoms with Gasteiger partial charge in [0.1, 0.15) is 11.5 Å².